The number of hydrogen-bond donors (Lipinski definition) is 0. The number of thioether (sulfide) groups is 1. The van der Waals surface area contributed by atoms with E-state index >= 15 is 0 Å². The molecular formula is C13H13BrFNS. The molecular weight excluding hydrogens is 301 g/mol. The molecule has 0 unspecified atom stereocenters. The summed E-state index contributed by atoms with van der Waals surface area (Å²) in [4.78, 5) is 0.655. The van der Waals surface area contributed by atoms with Crippen LogP contribution in [0.2, 0.25) is 0 Å². The van der Waals surface area contributed by atoms with Crippen LogP contribution in [0.4, 0.5) is 4.39 Å². The molecule has 1 aliphatic carbocycles. The summed E-state index contributed by atoms with van der Waals surface area (Å²) in [5, 5.41) is 9.33. The van der Waals surface area contributed by atoms with Crippen LogP contribution in [0.25, 0.3) is 0 Å². The molecule has 0 spiro atoms. The zero-order chi connectivity index (χ0) is 12.3. The molecule has 0 heterocycles. The first-order chi connectivity index (χ1) is 8.22. The molecule has 1 saturated carbocycles. The van der Waals surface area contributed by atoms with Gasteiger partial charge < -0.3 is 0 Å². The zero-order valence-electron chi connectivity index (χ0n) is 9.38. The van der Waals surface area contributed by atoms with Gasteiger partial charge in [-0.1, -0.05) is 19.3 Å². The van der Waals surface area contributed by atoms with Crippen molar-refractivity contribution in [1.82, 2.24) is 0 Å². The normalized spacial score (nSPS) is 16.8. The topological polar surface area (TPSA) is 23.8 Å². The summed E-state index contributed by atoms with van der Waals surface area (Å²) < 4.78 is 14.3. The Hall–Kier alpha value is -0.530. The Kier molecular flexibility index (Phi) is 4.47. The minimum atomic E-state index is -0.292. The molecule has 0 N–H and O–H groups in total. The molecule has 1 fully saturated rings. The van der Waals surface area contributed by atoms with Crippen molar-refractivity contribution in [3.8, 4) is 6.07 Å². The highest BCUT2D eigenvalue weighted by molar-refractivity contribution is 9.10. The average Bonchev–Trinajstić information content (AvgIpc) is 2.37. The highest BCUT2D eigenvalue weighted by Crippen LogP contribution is 2.37. The highest BCUT2D eigenvalue weighted by atomic mass is 79.9. The maximum Gasteiger partial charge on any atom is 0.152 e. The fourth-order valence-electron chi connectivity index (χ4n) is 2.07. The van der Waals surface area contributed by atoms with Gasteiger partial charge in [-0.3, -0.25) is 0 Å². The van der Waals surface area contributed by atoms with Crippen molar-refractivity contribution in [2.75, 3.05) is 0 Å². The molecule has 0 amide bonds. The van der Waals surface area contributed by atoms with Gasteiger partial charge in [0.2, 0.25) is 0 Å². The van der Waals surface area contributed by atoms with E-state index in [0.717, 1.165) is 0 Å². The molecule has 1 aliphatic rings. The van der Waals surface area contributed by atoms with Crippen LogP contribution in [0.15, 0.2) is 21.5 Å². The summed E-state index contributed by atoms with van der Waals surface area (Å²) in [6, 6.07) is 5.37. The average molecular weight is 314 g/mol. The van der Waals surface area contributed by atoms with Gasteiger partial charge in [0.1, 0.15) is 6.07 Å². The molecule has 90 valence electrons. The van der Waals surface area contributed by atoms with E-state index in [9.17, 15) is 4.39 Å². The van der Waals surface area contributed by atoms with Crippen LogP contribution in [0.3, 0.4) is 0 Å². The van der Waals surface area contributed by atoms with Gasteiger partial charge >= 0.3 is 0 Å². The second-order valence-corrected chi connectivity index (χ2v) is 6.36. The maximum atomic E-state index is 14.0. The van der Waals surface area contributed by atoms with E-state index in [2.05, 4.69) is 15.9 Å². The standard InChI is InChI=1S/C13H13BrFNS/c14-12-9(8-16)6-7-11(13(12)15)17-10-4-2-1-3-5-10/h6-7,10H,1-5H2. The van der Waals surface area contributed by atoms with Gasteiger partial charge in [-0.05, 0) is 40.9 Å². The van der Waals surface area contributed by atoms with Crippen LogP contribution in [0.1, 0.15) is 37.7 Å². The smallest absolute Gasteiger partial charge is 0.152 e. The highest BCUT2D eigenvalue weighted by Gasteiger charge is 2.18. The zero-order valence-corrected chi connectivity index (χ0v) is 11.8. The Morgan fingerprint density at radius 1 is 1.29 bits per heavy atom. The van der Waals surface area contributed by atoms with Crippen molar-refractivity contribution in [3.63, 3.8) is 0 Å². The van der Waals surface area contributed by atoms with E-state index < -0.39 is 0 Å². The maximum absolute atomic E-state index is 14.0. The number of halogens is 2. The Morgan fingerprint density at radius 3 is 2.65 bits per heavy atom. The third-order valence-electron chi connectivity index (χ3n) is 3.01. The van der Waals surface area contributed by atoms with Crippen LogP contribution in [0.5, 0.6) is 0 Å². The van der Waals surface area contributed by atoms with Crippen molar-refractivity contribution in [2.24, 2.45) is 0 Å². The Labute approximate surface area is 114 Å². The first kappa shape index (κ1) is 12.9. The Balaban J connectivity index is 2.16. The molecule has 1 aromatic carbocycles. The number of hydrogen-bond acceptors (Lipinski definition) is 2. The summed E-state index contributed by atoms with van der Waals surface area (Å²) in [7, 11) is 0. The van der Waals surface area contributed by atoms with Gasteiger partial charge in [0, 0.05) is 10.1 Å². The number of nitriles is 1. The molecule has 0 aromatic heterocycles. The lowest BCUT2D eigenvalue weighted by molar-refractivity contribution is 0.514. The summed E-state index contributed by atoms with van der Waals surface area (Å²) in [6.07, 6.45) is 6.13. The van der Waals surface area contributed by atoms with Gasteiger partial charge in [-0.25, -0.2) is 4.39 Å². The predicted molar refractivity (Wildman–Crippen MR) is 71.5 cm³/mol. The Bertz CT molecular complexity index is 449. The van der Waals surface area contributed by atoms with E-state index in [0.29, 0.717) is 20.2 Å². The SMILES string of the molecule is N#Cc1ccc(SC2CCCCC2)c(F)c1Br. The summed E-state index contributed by atoms with van der Waals surface area (Å²) in [6.45, 7) is 0. The molecule has 0 radical (unpaired) electrons. The van der Waals surface area contributed by atoms with E-state index in [-0.39, 0.29) is 5.82 Å². The molecule has 0 saturated heterocycles. The minimum absolute atomic E-state index is 0.292. The van der Waals surface area contributed by atoms with Crippen molar-refractivity contribution in [2.45, 2.75) is 42.2 Å². The molecule has 1 aromatic rings. The second-order valence-electron chi connectivity index (χ2n) is 4.23. The first-order valence-electron chi connectivity index (χ1n) is 5.77. The van der Waals surface area contributed by atoms with E-state index in [4.69, 9.17) is 5.26 Å². The lowest BCUT2D eigenvalue weighted by Gasteiger charge is -2.21. The number of nitrogens with zero attached hydrogens (tertiary/aromatic N) is 1. The number of rotatable bonds is 2. The molecule has 0 aliphatic heterocycles. The van der Waals surface area contributed by atoms with Crippen molar-refractivity contribution in [3.05, 3.63) is 28.0 Å². The lowest BCUT2D eigenvalue weighted by Crippen LogP contribution is -2.08. The molecule has 0 atom stereocenters. The van der Waals surface area contributed by atoms with Crippen LogP contribution in [-0.4, -0.2) is 5.25 Å². The van der Waals surface area contributed by atoms with E-state index in [1.165, 1.54) is 32.1 Å². The molecule has 2 rings (SSSR count). The number of benzene rings is 1. The molecule has 4 heteroatoms. The molecule has 0 bridgehead atoms. The van der Waals surface area contributed by atoms with Gasteiger partial charge in [-0.15, -0.1) is 11.8 Å². The predicted octanol–water partition coefficient (Wildman–Crippen LogP) is 4.88. The van der Waals surface area contributed by atoms with Crippen molar-refractivity contribution >= 4 is 27.7 Å². The van der Waals surface area contributed by atoms with Gasteiger partial charge in [0.15, 0.2) is 5.82 Å². The summed E-state index contributed by atoms with van der Waals surface area (Å²) in [5.41, 5.74) is 0.357. The summed E-state index contributed by atoms with van der Waals surface area (Å²) in [5.74, 6) is -0.292. The third-order valence-corrected chi connectivity index (χ3v) is 5.16. The van der Waals surface area contributed by atoms with Crippen LogP contribution in [0, 0.1) is 17.1 Å². The second kappa shape index (κ2) is 5.88. The Morgan fingerprint density at radius 2 is 2.00 bits per heavy atom. The third kappa shape index (κ3) is 3.02. The fraction of sp³-hybridized carbons (Fsp3) is 0.462. The molecule has 1 nitrogen and oxygen atoms in total. The quantitative estimate of drug-likeness (QED) is 0.776. The van der Waals surface area contributed by atoms with Crippen molar-refractivity contribution in [1.29, 1.82) is 5.26 Å². The van der Waals surface area contributed by atoms with Crippen LogP contribution < -0.4 is 0 Å². The minimum Gasteiger partial charge on any atom is -0.204 e. The van der Waals surface area contributed by atoms with Gasteiger partial charge in [-0.2, -0.15) is 5.26 Å². The van der Waals surface area contributed by atoms with Gasteiger partial charge in [0.25, 0.3) is 0 Å². The van der Waals surface area contributed by atoms with E-state index in [1.54, 1.807) is 23.9 Å². The van der Waals surface area contributed by atoms with Crippen LogP contribution in [-0.2, 0) is 0 Å². The van der Waals surface area contributed by atoms with Crippen LogP contribution >= 0.6 is 27.7 Å². The monoisotopic (exact) mass is 313 g/mol. The first-order valence-corrected chi connectivity index (χ1v) is 7.44. The lowest BCUT2D eigenvalue weighted by atomic mass is 10.0. The molecule has 17 heavy (non-hydrogen) atoms. The fourth-order valence-corrected chi connectivity index (χ4v) is 3.92. The van der Waals surface area contributed by atoms with Gasteiger partial charge in [0.05, 0.1) is 10.0 Å². The largest absolute Gasteiger partial charge is 0.204 e. The van der Waals surface area contributed by atoms with E-state index in [1.807, 2.05) is 6.07 Å². The van der Waals surface area contributed by atoms with Crippen molar-refractivity contribution < 1.29 is 4.39 Å². The summed E-state index contributed by atoms with van der Waals surface area (Å²) >= 11 is 4.76.